The van der Waals surface area contributed by atoms with E-state index in [0.717, 1.165) is 60.8 Å². The van der Waals surface area contributed by atoms with Crippen LogP contribution in [-0.2, 0) is 25.7 Å². The van der Waals surface area contributed by atoms with Crippen LogP contribution in [-0.4, -0.2) is 26.4 Å². The number of fused-ring (bicyclic) bond motifs is 1. The fourth-order valence-corrected chi connectivity index (χ4v) is 3.60. The van der Waals surface area contributed by atoms with Gasteiger partial charge in [-0.25, -0.2) is 9.97 Å². The molecule has 4 nitrogen and oxygen atoms in total. The molecule has 0 unspecified atom stereocenters. The minimum Gasteiger partial charge on any atom is -0.294 e. The number of hydrogen-bond donors (Lipinski definition) is 0. The summed E-state index contributed by atoms with van der Waals surface area (Å²) < 4.78 is 38.8. The molecule has 0 radical (unpaired) electrons. The van der Waals surface area contributed by atoms with Crippen molar-refractivity contribution in [3.63, 3.8) is 0 Å². The van der Waals surface area contributed by atoms with Crippen molar-refractivity contribution in [1.29, 1.82) is 0 Å². The molecule has 0 spiro atoms. The zero-order valence-corrected chi connectivity index (χ0v) is 16.9. The quantitative estimate of drug-likeness (QED) is 0.588. The zero-order chi connectivity index (χ0) is 21.3. The molecule has 0 saturated heterocycles. The van der Waals surface area contributed by atoms with E-state index in [0.29, 0.717) is 17.2 Å². The molecule has 1 aromatic carbocycles. The molecule has 0 saturated carbocycles. The van der Waals surface area contributed by atoms with Gasteiger partial charge < -0.3 is 0 Å². The lowest BCUT2D eigenvalue weighted by Gasteiger charge is -2.28. The maximum absolute atomic E-state index is 12.9. The second kappa shape index (κ2) is 8.14. The van der Waals surface area contributed by atoms with Crippen LogP contribution in [0.3, 0.4) is 0 Å². The van der Waals surface area contributed by atoms with Gasteiger partial charge in [-0.1, -0.05) is 32.0 Å². The largest absolute Gasteiger partial charge is 0.416 e. The lowest BCUT2D eigenvalue weighted by molar-refractivity contribution is -0.137. The molecule has 4 rings (SSSR count). The number of halogens is 3. The highest BCUT2D eigenvalue weighted by Gasteiger charge is 2.30. The van der Waals surface area contributed by atoms with Gasteiger partial charge in [-0.05, 0) is 23.8 Å². The normalized spacial score (nSPS) is 14.7. The summed E-state index contributed by atoms with van der Waals surface area (Å²) in [7, 11) is 0. The summed E-state index contributed by atoms with van der Waals surface area (Å²) >= 11 is 0. The summed E-state index contributed by atoms with van der Waals surface area (Å²) in [4.78, 5) is 15.9. The van der Waals surface area contributed by atoms with Gasteiger partial charge >= 0.3 is 6.18 Å². The van der Waals surface area contributed by atoms with E-state index < -0.39 is 11.7 Å². The van der Waals surface area contributed by atoms with Crippen LogP contribution < -0.4 is 0 Å². The smallest absolute Gasteiger partial charge is 0.294 e. The van der Waals surface area contributed by atoms with E-state index in [9.17, 15) is 13.2 Å². The summed E-state index contributed by atoms with van der Waals surface area (Å²) in [5, 5.41) is 0. The predicted octanol–water partition coefficient (Wildman–Crippen LogP) is 5.24. The van der Waals surface area contributed by atoms with Gasteiger partial charge in [0.1, 0.15) is 5.82 Å². The van der Waals surface area contributed by atoms with Crippen molar-refractivity contribution in [3.8, 4) is 11.3 Å². The van der Waals surface area contributed by atoms with Crippen molar-refractivity contribution in [2.24, 2.45) is 0 Å². The number of rotatable bonds is 4. The first-order valence-electron chi connectivity index (χ1n) is 9.99. The molecule has 2 aromatic heterocycles. The second-order valence-corrected chi connectivity index (χ2v) is 7.95. The van der Waals surface area contributed by atoms with Crippen LogP contribution in [0.5, 0.6) is 0 Å². The van der Waals surface area contributed by atoms with Crippen molar-refractivity contribution in [2.45, 2.75) is 45.5 Å². The molecule has 0 N–H and O–H groups in total. The van der Waals surface area contributed by atoms with E-state index >= 15 is 0 Å². The number of alkyl halides is 3. The predicted molar refractivity (Wildman–Crippen MR) is 109 cm³/mol. The molecule has 0 atom stereocenters. The molecule has 30 heavy (non-hydrogen) atoms. The molecule has 0 fully saturated rings. The molecular weight excluding hydrogens is 389 g/mol. The Kier molecular flexibility index (Phi) is 5.56. The van der Waals surface area contributed by atoms with Gasteiger partial charge in [0, 0.05) is 61.2 Å². The molecule has 3 aromatic rings. The Morgan fingerprint density at radius 3 is 2.60 bits per heavy atom. The Morgan fingerprint density at radius 1 is 1.07 bits per heavy atom. The minimum absolute atomic E-state index is 0.315. The summed E-state index contributed by atoms with van der Waals surface area (Å²) in [6.45, 7) is 6.58. The molecular formula is C23H23F3N4. The number of benzene rings is 1. The Morgan fingerprint density at radius 2 is 1.90 bits per heavy atom. The Labute approximate surface area is 173 Å². The Hall–Kier alpha value is -2.80. The van der Waals surface area contributed by atoms with Gasteiger partial charge in [0.15, 0.2) is 0 Å². The van der Waals surface area contributed by atoms with E-state index in [4.69, 9.17) is 4.98 Å². The van der Waals surface area contributed by atoms with Crippen LogP contribution in [0.1, 0.15) is 48.0 Å². The average Bonchev–Trinajstić information content (AvgIpc) is 2.73. The fourth-order valence-electron chi connectivity index (χ4n) is 3.60. The third kappa shape index (κ3) is 4.51. The second-order valence-electron chi connectivity index (χ2n) is 7.95. The van der Waals surface area contributed by atoms with E-state index in [-0.39, 0.29) is 0 Å². The van der Waals surface area contributed by atoms with Crippen LogP contribution >= 0.6 is 0 Å². The molecule has 7 heteroatoms. The summed E-state index contributed by atoms with van der Waals surface area (Å²) in [5.41, 5.74) is 3.63. The molecule has 3 heterocycles. The van der Waals surface area contributed by atoms with Crippen LogP contribution in [0.15, 0.2) is 48.8 Å². The van der Waals surface area contributed by atoms with Crippen molar-refractivity contribution in [3.05, 3.63) is 77.0 Å². The number of hydrogen-bond acceptors (Lipinski definition) is 4. The molecule has 1 aliphatic rings. The summed E-state index contributed by atoms with van der Waals surface area (Å²) in [6.07, 6.45) is 0.190. The average molecular weight is 412 g/mol. The maximum Gasteiger partial charge on any atom is 0.416 e. The lowest BCUT2D eigenvalue weighted by Crippen LogP contribution is -2.31. The van der Waals surface area contributed by atoms with E-state index in [1.165, 1.54) is 6.07 Å². The third-order valence-electron chi connectivity index (χ3n) is 5.26. The standard InChI is InChI=1S/C23H23F3N4/c1-15(2)22-28-12-18-14-30(9-8-21(18)29-22)13-16-6-7-20(27-11-16)17-4-3-5-19(10-17)23(24,25)26/h3-7,10-12,15H,8-9,13-14H2,1-2H3. The fraction of sp³-hybridized carbons (Fsp3) is 0.348. The van der Waals surface area contributed by atoms with Gasteiger partial charge in [-0.15, -0.1) is 0 Å². The van der Waals surface area contributed by atoms with Gasteiger partial charge in [-0.2, -0.15) is 13.2 Å². The number of aromatic nitrogens is 3. The van der Waals surface area contributed by atoms with Crippen LogP contribution in [0.25, 0.3) is 11.3 Å². The van der Waals surface area contributed by atoms with E-state index in [2.05, 4.69) is 28.7 Å². The maximum atomic E-state index is 12.9. The highest BCUT2D eigenvalue weighted by molar-refractivity contribution is 5.60. The minimum atomic E-state index is -4.36. The Balaban J connectivity index is 1.44. The topological polar surface area (TPSA) is 41.9 Å². The van der Waals surface area contributed by atoms with Crippen molar-refractivity contribution in [1.82, 2.24) is 19.9 Å². The molecule has 1 aliphatic heterocycles. The van der Waals surface area contributed by atoms with E-state index in [1.54, 1.807) is 18.3 Å². The van der Waals surface area contributed by atoms with Gasteiger partial charge in [0.2, 0.25) is 0 Å². The number of pyridine rings is 1. The summed E-state index contributed by atoms with van der Waals surface area (Å²) in [6, 6.07) is 8.96. The van der Waals surface area contributed by atoms with Gasteiger partial charge in [-0.3, -0.25) is 9.88 Å². The van der Waals surface area contributed by atoms with Gasteiger partial charge in [0.25, 0.3) is 0 Å². The van der Waals surface area contributed by atoms with E-state index in [1.807, 2.05) is 12.3 Å². The molecule has 0 bridgehead atoms. The Bertz CT molecular complexity index is 1030. The zero-order valence-electron chi connectivity index (χ0n) is 16.9. The van der Waals surface area contributed by atoms with Crippen LogP contribution in [0, 0.1) is 0 Å². The SMILES string of the molecule is CC(C)c1ncc2c(n1)CCN(Cc1ccc(-c3cccc(C(F)(F)F)c3)nc1)C2. The highest BCUT2D eigenvalue weighted by atomic mass is 19.4. The van der Waals surface area contributed by atoms with Gasteiger partial charge in [0.05, 0.1) is 11.3 Å². The van der Waals surface area contributed by atoms with Crippen molar-refractivity contribution >= 4 is 0 Å². The summed E-state index contributed by atoms with van der Waals surface area (Å²) in [5.74, 6) is 1.20. The van der Waals surface area contributed by atoms with Crippen LogP contribution in [0.4, 0.5) is 13.2 Å². The third-order valence-corrected chi connectivity index (χ3v) is 5.26. The molecule has 0 amide bonds. The van der Waals surface area contributed by atoms with Crippen LogP contribution in [0.2, 0.25) is 0 Å². The molecule has 156 valence electrons. The van der Waals surface area contributed by atoms with Crippen molar-refractivity contribution in [2.75, 3.05) is 6.54 Å². The van der Waals surface area contributed by atoms with Crippen molar-refractivity contribution < 1.29 is 13.2 Å². The monoisotopic (exact) mass is 412 g/mol. The first-order valence-corrected chi connectivity index (χ1v) is 9.99. The first-order chi connectivity index (χ1) is 14.3. The lowest BCUT2D eigenvalue weighted by atomic mass is 10.0. The number of nitrogens with zero attached hydrogens (tertiary/aromatic N) is 4. The first kappa shape index (κ1) is 20.5. The molecule has 0 aliphatic carbocycles. The highest BCUT2D eigenvalue weighted by Crippen LogP contribution is 2.31.